The quantitative estimate of drug-likeness (QED) is 0.684. The largest absolute Gasteiger partial charge is 0.314 e. The second kappa shape index (κ2) is 6.07. The number of halogens is 1. The van der Waals surface area contributed by atoms with Gasteiger partial charge in [0.1, 0.15) is 0 Å². The summed E-state index contributed by atoms with van der Waals surface area (Å²) in [5.41, 5.74) is 0.474. The van der Waals surface area contributed by atoms with E-state index in [1.165, 1.54) is 18.6 Å². The fourth-order valence-electron chi connectivity index (χ4n) is 3.35. The van der Waals surface area contributed by atoms with Crippen molar-refractivity contribution in [1.82, 2.24) is 10.2 Å². The number of nitro benzene ring substituents is 1. The van der Waals surface area contributed by atoms with Crippen LogP contribution in [-0.4, -0.2) is 36.0 Å². The first-order valence-corrected chi connectivity index (χ1v) is 7.55. The Morgan fingerprint density at radius 1 is 1.33 bits per heavy atom. The van der Waals surface area contributed by atoms with Crippen molar-refractivity contribution < 1.29 is 9.31 Å². The van der Waals surface area contributed by atoms with Crippen LogP contribution in [0.15, 0.2) is 18.2 Å². The molecule has 1 aromatic carbocycles. The Labute approximate surface area is 123 Å². The molecule has 0 spiro atoms. The summed E-state index contributed by atoms with van der Waals surface area (Å²) in [6, 6.07) is 4.56. The SMILES string of the molecule is O=[N+]([O-])c1cc([C@@H](C2CCC2)N2CCNCC2)ccc1F. The van der Waals surface area contributed by atoms with Crippen LogP contribution < -0.4 is 5.32 Å². The summed E-state index contributed by atoms with van der Waals surface area (Å²) in [6.45, 7) is 3.75. The third kappa shape index (κ3) is 2.91. The van der Waals surface area contributed by atoms with E-state index in [1.54, 1.807) is 6.07 Å². The fraction of sp³-hybridized carbons (Fsp3) is 0.600. The topological polar surface area (TPSA) is 58.4 Å². The van der Waals surface area contributed by atoms with Gasteiger partial charge in [-0.3, -0.25) is 15.0 Å². The van der Waals surface area contributed by atoms with E-state index < -0.39 is 16.4 Å². The second-order valence-electron chi connectivity index (χ2n) is 5.89. The van der Waals surface area contributed by atoms with Crippen LogP contribution in [0.1, 0.15) is 30.9 Å². The smallest absolute Gasteiger partial charge is 0.305 e. The second-order valence-corrected chi connectivity index (χ2v) is 5.89. The van der Waals surface area contributed by atoms with Gasteiger partial charge in [-0.15, -0.1) is 0 Å². The molecule has 1 N–H and O–H groups in total. The summed E-state index contributed by atoms with van der Waals surface area (Å²) >= 11 is 0. The van der Waals surface area contributed by atoms with Crippen molar-refractivity contribution in [3.05, 3.63) is 39.7 Å². The van der Waals surface area contributed by atoms with Gasteiger partial charge in [0.2, 0.25) is 5.82 Å². The molecule has 1 aromatic rings. The van der Waals surface area contributed by atoms with Gasteiger partial charge in [-0.2, -0.15) is 4.39 Å². The van der Waals surface area contributed by atoms with E-state index in [-0.39, 0.29) is 6.04 Å². The molecule has 0 aromatic heterocycles. The monoisotopic (exact) mass is 293 g/mol. The molecule has 21 heavy (non-hydrogen) atoms. The molecule has 0 unspecified atom stereocenters. The third-order valence-electron chi connectivity index (χ3n) is 4.65. The Morgan fingerprint density at radius 3 is 2.62 bits per heavy atom. The maximum Gasteiger partial charge on any atom is 0.305 e. The Bertz CT molecular complexity index is 528. The van der Waals surface area contributed by atoms with Crippen LogP contribution in [0.4, 0.5) is 10.1 Å². The van der Waals surface area contributed by atoms with Crippen LogP contribution in [0, 0.1) is 21.8 Å². The lowest BCUT2D eigenvalue weighted by atomic mass is 9.76. The van der Waals surface area contributed by atoms with E-state index in [0.717, 1.165) is 44.6 Å². The maximum atomic E-state index is 13.6. The highest BCUT2D eigenvalue weighted by Crippen LogP contribution is 2.42. The molecule has 0 bridgehead atoms. The molecule has 1 aliphatic heterocycles. The molecule has 1 heterocycles. The number of rotatable bonds is 4. The molecule has 2 fully saturated rings. The molecule has 0 radical (unpaired) electrons. The van der Waals surface area contributed by atoms with Gasteiger partial charge in [0, 0.05) is 38.3 Å². The maximum absolute atomic E-state index is 13.6. The van der Waals surface area contributed by atoms with Crippen molar-refractivity contribution in [2.75, 3.05) is 26.2 Å². The number of piperazine rings is 1. The van der Waals surface area contributed by atoms with Gasteiger partial charge < -0.3 is 5.32 Å². The first kappa shape index (κ1) is 14.4. The van der Waals surface area contributed by atoms with Gasteiger partial charge in [0.05, 0.1) is 4.92 Å². The summed E-state index contributed by atoms with van der Waals surface area (Å²) < 4.78 is 13.6. The van der Waals surface area contributed by atoms with Crippen molar-refractivity contribution in [3.8, 4) is 0 Å². The van der Waals surface area contributed by atoms with Crippen molar-refractivity contribution in [1.29, 1.82) is 0 Å². The Balaban J connectivity index is 1.91. The predicted octanol–water partition coefficient (Wildman–Crippen LogP) is 2.48. The molecular formula is C15H20FN3O2. The molecule has 1 aliphatic carbocycles. The zero-order chi connectivity index (χ0) is 14.8. The summed E-state index contributed by atoms with van der Waals surface area (Å²) in [7, 11) is 0. The minimum absolute atomic E-state index is 0.181. The van der Waals surface area contributed by atoms with Crippen LogP contribution >= 0.6 is 0 Å². The molecule has 5 nitrogen and oxygen atoms in total. The van der Waals surface area contributed by atoms with E-state index >= 15 is 0 Å². The van der Waals surface area contributed by atoms with E-state index in [1.807, 2.05) is 0 Å². The van der Waals surface area contributed by atoms with E-state index in [2.05, 4.69) is 10.2 Å². The lowest BCUT2D eigenvalue weighted by Crippen LogP contribution is -2.47. The summed E-state index contributed by atoms with van der Waals surface area (Å²) in [5.74, 6) is -0.218. The molecule has 2 aliphatic rings. The van der Waals surface area contributed by atoms with Gasteiger partial charge in [0.25, 0.3) is 0 Å². The highest BCUT2D eigenvalue weighted by Gasteiger charge is 2.34. The average Bonchev–Trinajstić information content (AvgIpc) is 2.44. The molecule has 1 atom stereocenters. The van der Waals surface area contributed by atoms with E-state index in [0.29, 0.717) is 5.92 Å². The minimum atomic E-state index is -0.753. The van der Waals surface area contributed by atoms with Crippen molar-refractivity contribution in [2.24, 2.45) is 5.92 Å². The summed E-state index contributed by atoms with van der Waals surface area (Å²) in [5, 5.41) is 14.3. The van der Waals surface area contributed by atoms with Crippen LogP contribution in [0.25, 0.3) is 0 Å². The minimum Gasteiger partial charge on any atom is -0.314 e. The first-order valence-electron chi connectivity index (χ1n) is 7.55. The normalized spacial score (nSPS) is 21.8. The fourth-order valence-corrected chi connectivity index (χ4v) is 3.35. The van der Waals surface area contributed by atoms with Crippen LogP contribution in [0.2, 0.25) is 0 Å². The van der Waals surface area contributed by atoms with Crippen molar-refractivity contribution in [2.45, 2.75) is 25.3 Å². The molecule has 114 valence electrons. The lowest BCUT2D eigenvalue weighted by molar-refractivity contribution is -0.387. The van der Waals surface area contributed by atoms with Gasteiger partial charge >= 0.3 is 5.69 Å². The zero-order valence-electron chi connectivity index (χ0n) is 11.9. The van der Waals surface area contributed by atoms with Crippen LogP contribution in [0.3, 0.4) is 0 Å². The number of nitro groups is 1. The standard InChI is InChI=1S/C15H20FN3O2/c16-13-5-4-12(10-14(13)19(20)21)15(11-2-1-3-11)18-8-6-17-7-9-18/h4-5,10-11,15,17H,1-3,6-9H2/t15-/m1/s1. The zero-order valence-corrected chi connectivity index (χ0v) is 11.9. The number of benzene rings is 1. The molecule has 3 rings (SSSR count). The van der Waals surface area contributed by atoms with E-state index in [4.69, 9.17) is 0 Å². The van der Waals surface area contributed by atoms with Gasteiger partial charge in [0.15, 0.2) is 0 Å². The van der Waals surface area contributed by atoms with E-state index in [9.17, 15) is 14.5 Å². The molecule has 1 saturated carbocycles. The molecule has 1 saturated heterocycles. The van der Waals surface area contributed by atoms with Crippen LogP contribution in [-0.2, 0) is 0 Å². The highest BCUT2D eigenvalue weighted by molar-refractivity contribution is 5.38. The number of hydrogen-bond acceptors (Lipinski definition) is 4. The summed E-state index contributed by atoms with van der Waals surface area (Å²) in [6.07, 6.45) is 3.52. The lowest BCUT2D eigenvalue weighted by Gasteiger charge is -2.43. The summed E-state index contributed by atoms with van der Waals surface area (Å²) in [4.78, 5) is 12.7. The highest BCUT2D eigenvalue weighted by atomic mass is 19.1. The number of hydrogen-bond donors (Lipinski definition) is 1. The van der Waals surface area contributed by atoms with Gasteiger partial charge in [-0.05, 0) is 30.4 Å². The Morgan fingerprint density at radius 2 is 2.05 bits per heavy atom. The Kier molecular flexibility index (Phi) is 4.17. The van der Waals surface area contributed by atoms with Gasteiger partial charge in [-0.1, -0.05) is 12.5 Å². The average molecular weight is 293 g/mol. The van der Waals surface area contributed by atoms with Crippen LogP contribution in [0.5, 0.6) is 0 Å². The molecular weight excluding hydrogens is 273 g/mol. The predicted molar refractivity (Wildman–Crippen MR) is 77.6 cm³/mol. The number of nitrogens with zero attached hydrogens (tertiary/aromatic N) is 2. The third-order valence-corrected chi connectivity index (χ3v) is 4.65. The molecule has 6 heteroatoms. The van der Waals surface area contributed by atoms with Crippen molar-refractivity contribution >= 4 is 5.69 Å². The van der Waals surface area contributed by atoms with Gasteiger partial charge in [-0.25, -0.2) is 0 Å². The Hall–Kier alpha value is -1.53. The molecule has 0 amide bonds. The first-order chi connectivity index (χ1) is 10.2. The number of nitrogens with one attached hydrogen (secondary N) is 1. The van der Waals surface area contributed by atoms with Crippen molar-refractivity contribution in [3.63, 3.8) is 0 Å².